The van der Waals surface area contributed by atoms with Gasteiger partial charge in [-0.15, -0.1) is 11.3 Å². The first-order chi connectivity index (χ1) is 9.79. The highest BCUT2D eigenvalue weighted by Crippen LogP contribution is 2.32. The van der Waals surface area contributed by atoms with Crippen molar-refractivity contribution in [2.24, 2.45) is 0 Å². The first kappa shape index (κ1) is 13.4. The van der Waals surface area contributed by atoms with Crippen LogP contribution in [0.25, 0.3) is 10.9 Å². The lowest BCUT2D eigenvalue weighted by Gasteiger charge is -2.18. The van der Waals surface area contributed by atoms with E-state index in [0.29, 0.717) is 11.1 Å². The second-order valence-corrected chi connectivity index (χ2v) is 6.00. The quantitative estimate of drug-likeness (QED) is 0.687. The predicted octanol–water partition coefficient (Wildman–Crippen LogP) is 5.51. The van der Waals surface area contributed by atoms with E-state index in [1.807, 2.05) is 18.2 Å². The van der Waals surface area contributed by atoms with Gasteiger partial charge in [-0.2, -0.15) is 0 Å². The van der Waals surface area contributed by atoms with Crippen LogP contribution in [0.5, 0.6) is 0 Å². The first-order valence-electron chi connectivity index (χ1n) is 6.62. The van der Waals surface area contributed by atoms with Gasteiger partial charge in [0.1, 0.15) is 0 Å². The molecular formula is C16H15ClN2S. The number of benzene rings is 1. The van der Waals surface area contributed by atoms with Crippen LogP contribution in [0.15, 0.2) is 48.0 Å². The number of aromatic nitrogens is 1. The third kappa shape index (κ3) is 2.51. The average molecular weight is 303 g/mol. The van der Waals surface area contributed by atoms with Gasteiger partial charge in [0.15, 0.2) is 0 Å². The standard InChI is InChI=1S/C16H15ClN2S/c1-2-13(15-6-4-10-20-15)19-14-8-7-12(17)16-11(14)5-3-9-18-16/h3-10,13,19H,2H2,1H3. The summed E-state index contributed by atoms with van der Waals surface area (Å²) in [5.74, 6) is 0. The van der Waals surface area contributed by atoms with Gasteiger partial charge in [-0.25, -0.2) is 0 Å². The second kappa shape index (κ2) is 5.81. The Morgan fingerprint density at radius 1 is 1.25 bits per heavy atom. The predicted molar refractivity (Wildman–Crippen MR) is 87.7 cm³/mol. The molecule has 0 saturated carbocycles. The molecule has 20 heavy (non-hydrogen) atoms. The highest BCUT2D eigenvalue weighted by Gasteiger charge is 2.12. The Balaban J connectivity index is 2.00. The van der Waals surface area contributed by atoms with Crippen molar-refractivity contribution in [3.63, 3.8) is 0 Å². The minimum atomic E-state index is 0.319. The van der Waals surface area contributed by atoms with Crippen molar-refractivity contribution in [3.05, 3.63) is 57.9 Å². The Bertz CT molecular complexity index is 710. The number of nitrogens with zero attached hydrogens (tertiary/aromatic N) is 1. The monoisotopic (exact) mass is 302 g/mol. The molecule has 2 nitrogen and oxygen atoms in total. The number of fused-ring (bicyclic) bond motifs is 1. The molecule has 1 aromatic carbocycles. The smallest absolute Gasteiger partial charge is 0.0908 e. The zero-order valence-corrected chi connectivity index (χ0v) is 12.7. The van der Waals surface area contributed by atoms with Crippen LogP contribution in [0, 0.1) is 0 Å². The maximum absolute atomic E-state index is 6.21. The Kier molecular flexibility index (Phi) is 3.90. The van der Waals surface area contributed by atoms with Gasteiger partial charge in [-0.1, -0.05) is 24.6 Å². The zero-order chi connectivity index (χ0) is 13.9. The normalized spacial score (nSPS) is 12.5. The van der Waals surface area contributed by atoms with Crippen LogP contribution in [0.3, 0.4) is 0 Å². The number of thiophene rings is 1. The maximum Gasteiger partial charge on any atom is 0.0908 e. The number of pyridine rings is 1. The number of anilines is 1. The van der Waals surface area contributed by atoms with E-state index >= 15 is 0 Å². The van der Waals surface area contributed by atoms with E-state index in [1.54, 1.807) is 17.5 Å². The molecule has 4 heteroatoms. The van der Waals surface area contributed by atoms with Crippen molar-refractivity contribution in [1.29, 1.82) is 0 Å². The molecule has 1 atom stereocenters. The molecule has 0 saturated heterocycles. The van der Waals surface area contributed by atoms with Crippen molar-refractivity contribution < 1.29 is 0 Å². The molecule has 2 aromatic heterocycles. The minimum Gasteiger partial charge on any atom is -0.377 e. The fourth-order valence-corrected chi connectivity index (χ4v) is 3.39. The fraction of sp³-hybridized carbons (Fsp3) is 0.188. The van der Waals surface area contributed by atoms with Crippen LogP contribution >= 0.6 is 22.9 Å². The lowest BCUT2D eigenvalue weighted by molar-refractivity contribution is 0.765. The Morgan fingerprint density at radius 3 is 2.90 bits per heavy atom. The Morgan fingerprint density at radius 2 is 2.15 bits per heavy atom. The molecule has 0 spiro atoms. The van der Waals surface area contributed by atoms with Crippen LogP contribution in [0.1, 0.15) is 24.3 Å². The summed E-state index contributed by atoms with van der Waals surface area (Å²) in [7, 11) is 0. The van der Waals surface area contributed by atoms with Crippen LogP contribution in [0.2, 0.25) is 5.02 Å². The molecule has 0 fully saturated rings. The molecule has 0 aliphatic carbocycles. The molecule has 0 aliphatic rings. The molecular weight excluding hydrogens is 288 g/mol. The molecule has 1 N–H and O–H groups in total. The largest absolute Gasteiger partial charge is 0.377 e. The zero-order valence-electron chi connectivity index (χ0n) is 11.1. The molecule has 3 rings (SSSR count). The van der Waals surface area contributed by atoms with E-state index in [9.17, 15) is 0 Å². The SMILES string of the molecule is CCC(Nc1ccc(Cl)c2ncccc12)c1cccs1. The summed E-state index contributed by atoms with van der Waals surface area (Å²) in [4.78, 5) is 5.71. The number of hydrogen-bond donors (Lipinski definition) is 1. The summed E-state index contributed by atoms with van der Waals surface area (Å²) in [5, 5.41) is 7.48. The van der Waals surface area contributed by atoms with Gasteiger partial charge in [-0.05, 0) is 42.1 Å². The van der Waals surface area contributed by atoms with Crippen molar-refractivity contribution in [2.75, 3.05) is 5.32 Å². The molecule has 3 aromatic rings. The summed E-state index contributed by atoms with van der Waals surface area (Å²) in [6.07, 6.45) is 2.81. The third-order valence-corrected chi connectivity index (χ3v) is 4.64. The van der Waals surface area contributed by atoms with Gasteiger partial charge < -0.3 is 5.32 Å². The van der Waals surface area contributed by atoms with Gasteiger partial charge in [0.25, 0.3) is 0 Å². The van der Waals surface area contributed by atoms with Gasteiger partial charge in [-0.3, -0.25) is 4.98 Å². The summed E-state index contributed by atoms with van der Waals surface area (Å²) in [5.41, 5.74) is 1.93. The van der Waals surface area contributed by atoms with Gasteiger partial charge in [0, 0.05) is 22.1 Å². The fourth-order valence-electron chi connectivity index (χ4n) is 2.32. The highest BCUT2D eigenvalue weighted by molar-refractivity contribution is 7.10. The van der Waals surface area contributed by atoms with E-state index in [4.69, 9.17) is 11.6 Å². The second-order valence-electron chi connectivity index (χ2n) is 4.62. The Hall–Kier alpha value is -1.58. The van der Waals surface area contributed by atoms with Crippen molar-refractivity contribution >= 4 is 39.5 Å². The molecule has 2 heterocycles. The molecule has 0 radical (unpaired) electrons. The molecule has 102 valence electrons. The topological polar surface area (TPSA) is 24.9 Å². The number of rotatable bonds is 4. The van der Waals surface area contributed by atoms with Crippen LogP contribution < -0.4 is 5.32 Å². The van der Waals surface area contributed by atoms with Crippen LogP contribution in [-0.2, 0) is 0 Å². The molecule has 0 aliphatic heterocycles. The van der Waals surface area contributed by atoms with Gasteiger partial charge in [0.2, 0.25) is 0 Å². The van der Waals surface area contributed by atoms with Crippen LogP contribution in [0.4, 0.5) is 5.69 Å². The van der Waals surface area contributed by atoms with Crippen molar-refractivity contribution in [1.82, 2.24) is 4.98 Å². The summed E-state index contributed by atoms with van der Waals surface area (Å²) in [6.45, 7) is 2.19. The molecule has 0 amide bonds. The number of nitrogens with one attached hydrogen (secondary N) is 1. The van der Waals surface area contributed by atoms with Crippen molar-refractivity contribution in [2.45, 2.75) is 19.4 Å². The van der Waals surface area contributed by atoms with E-state index in [-0.39, 0.29) is 0 Å². The number of hydrogen-bond acceptors (Lipinski definition) is 3. The highest BCUT2D eigenvalue weighted by atomic mass is 35.5. The summed E-state index contributed by atoms with van der Waals surface area (Å²) in [6, 6.07) is 12.5. The molecule has 0 bridgehead atoms. The molecule has 1 unspecified atom stereocenters. The van der Waals surface area contributed by atoms with E-state index < -0.39 is 0 Å². The Labute approximate surface area is 127 Å². The minimum absolute atomic E-state index is 0.319. The van der Waals surface area contributed by atoms with Crippen molar-refractivity contribution in [3.8, 4) is 0 Å². The van der Waals surface area contributed by atoms with E-state index in [0.717, 1.165) is 23.0 Å². The summed E-state index contributed by atoms with van der Waals surface area (Å²) >= 11 is 7.99. The lowest BCUT2D eigenvalue weighted by atomic mass is 10.1. The van der Waals surface area contributed by atoms with Crippen LogP contribution in [-0.4, -0.2) is 4.98 Å². The first-order valence-corrected chi connectivity index (χ1v) is 7.88. The summed E-state index contributed by atoms with van der Waals surface area (Å²) < 4.78 is 0. The average Bonchev–Trinajstić information content (AvgIpc) is 3.01. The number of halogens is 1. The van der Waals surface area contributed by atoms with E-state index in [2.05, 4.69) is 40.8 Å². The van der Waals surface area contributed by atoms with Gasteiger partial charge in [0.05, 0.1) is 16.6 Å². The van der Waals surface area contributed by atoms with Gasteiger partial charge >= 0.3 is 0 Å². The third-order valence-electron chi connectivity index (χ3n) is 3.35. The van der Waals surface area contributed by atoms with E-state index in [1.165, 1.54) is 4.88 Å². The lowest BCUT2D eigenvalue weighted by Crippen LogP contribution is -2.08. The maximum atomic E-state index is 6.21.